The maximum Gasteiger partial charge on any atom is 0.258 e. The Balaban J connectivity index is 1.95. The zero-order valence-electron chi connectivity index (χ0n) is 15.8. The fourth-order valence-corrected chi connectivity index (χ4v) is 5.06. The number of amides is 1. The van der Waals surface area contributed by atoms with Gasteiger partial charge in [0.2, 0.25) is 0 Å². The number of hydrogen-bond donors (Lipinski definition) is 0. The average molecular weight is 405 g/mol. The maximum absolute atomic E-state index is 14.2. The minimum atomic E-state index is -3.20. The summed E-state index contributed by atoms with van der Waals surface area (Å²) in [5.74, 6) is -0.389. The first-order valence-electron chi connectivity index (χ1n) is 9.38. The van der Waals surface area contributed by atoms with Crippen LogP contribution in [0.4, 0.5) is 4.39 Å². The quantitative estimate of drug-likeness (QED) is 0.708. The number of carbonyl (C=O) groups is 1. The number of carbonyl (C=O) groups excluding carboxylic acids is 1. The van der Waals surface area contributed by atoms with Gasteiger partial charge in [-0.3, -0.25) is 4.79 Å². The van der Waals surface area contributed by atoms with Gasteiger partial charge in [-0.25, -0.2) is 12.8 Å². The first-order valence-corrected chi connectivity index (χ1v) is 11.2. The van der Waals surface area contributed by atoms with Crippen molar-refractivity contribution in [3.05, 3.63) is 65.5 Å². The van der Waals surface area contributed by atoms with Gasteiger partial charge in [0.15, 0.2) is 9.84 Å². The molecule has 0 unspecified atom stereocenters. The molecule has 1 atom stereocenters. The van der Waals surface area contributed by atoms with Crippen LogP contribution in [-0.2, 0) is 16.4 Å². The van der Waals surface area contributed by atoms with E-state index in [9.17, 15) is 17.6 Å². The van der Waals surface area contributed by atoms with Crippen LogP contribution in [0.2, 0.25) is 0 Å². The Morgan fingerprint density at radius 3 is 2.57 bits per heavy atom. The predicted octanol–water partition coefficient (Wildman–Crippen LogP) is 3.44. The van der Waals surface area contributed by atoms with E-state index in [1.165, 1.54) is 11.0 Å². The molecule has 0 saturated carbocycles. The van der Waals surface area contributed by atoms with Crippen molar-refractivity contribution < 1.29 is 22.3 Å². The number of benzene rings is 2. The van der Waals surface area contributed by atoms with Gasteiger partial charge in [0.1, 0.15) is 11.6 Å². The first-order chi connectivity index (χ1) is 13.4. The second-order valence-electron chi connectivity index (χ2n) is 6.93. The Hall–Kier alpha value is -2.41. The monoisotopic (exact) mass is 405 g/mol. The van der Waals surface area contributed by atoms with Crippen LogP contribution in [-0.4, -0.2) is 43.4 Å². The highest BCUT2D eigenvalue weighted by molar-refractivity contribution is 7.91. The fraction of sp³-hybridized carbons (Fsp3) is 0.381. The highest BCUT2D eigenvalue weighted by Crippen LogP contribution is 2.27. The molecule has 1 heterocycles. The molecular formula is C21H24FNO4S. The van der Waals surface area contributed by atoms with Crippen LogP contribution >= 0.6 is 0 Å². The summed E-state index contributed by atoms with van der Waals surface area (Å²) in [5.41, 5.74) is 0.712. The van der Waals surface area contributed by atoms with Crippen LogP contribution < -0.4 is 4.74 Å². The summed E-state index contributed by atoms with van der Waals surface area (Å²) in [6.07, 6.45) is 1.14. The predicted molar refractivity (Wildman–Crippen MR) is 106 cm³/mol. The second-order valence-corrected chi connectivity index (χ2v) is 9.15. The summed E-state index contributed by atoms with van der Waals surface area (Å²) in [6.45, 7) is 2.45. The smallest absolute Gasteiger partial charge is 0.258 e. The average Bonchev–Trinajstić information content (AvgIpc) is 3.05. The van der Waals surface area contributed by atoms with E-state index in [4.69, 9.17) is 4.74 Å². The van der Waals surface area contributed by atoms with Crippen molar-refractivity contribution in [2.45, 2.75) is 32.4 Å². The van der Waals surface area contributed by atoms with Gasteiger partial charge in [-0.2, -0.15) is 0 Å². The van der Waals surface area contributed by atoms with Crippen molar-refractivity contribution in [1.82, 2.24) is 4.90 Å². The van der Waals surface area contributed by atoms with E-state index in [0.717, 1.165) is 6.42 Å². The molecule has 0 radical (unpaired) electrons. The summed E-state index contributed by atoms with van der Waals surface area (Å²) < 4.78 is 43.9. The van der Waals surface area contributed by atoms with Gasteiger partial charge in [0.25, 0.3) is 5.91 Å². The van der Waals surface area contributed by atoms with Crippen LogP contribution in [0.1, 0.15) is 35.7 Å². The summed E-state index contributed by atoms with van der Waals surface area (Å²) in [5, 5.41) is 0. The molecular weight excluding hydrogens is 381 g/mol. The molecule has 2 aromatic carbocycles. The first kappa shape index (κ1) is 20.3. The topological polar surface area (TPSA) is 63.7 Å². The minimum Gasteiger partial charge on any atom is -0.493 e. The molecule has 1 fully saturated rings. The van der Waals surface area contributed by atoms with Gasteiger partial charge in [-0.1, -0.05) is 37.3 Å². The molecule has 5 nitrogen and oxygen atoms in total. The third-order valence-electron chi connectivity index (χ3n) is 4.79. The highest BCUT2D eigenvalue weighted by atomic mass is 32.2. The normalized spacial score (nSPS) is 18.0. The van der Waals surface area contributed by atoms with Gasteiger partial charge >= 0.3 is 0 Å². The Labute approximate surface area is 165 Å². The van der Waals surface area contributed by atoms with Crippen molar-refractivity contribution in [3.8, 4) is 5.75 Å². The van der Waals surface area contributed by atoms with Gasteiger partial charge in [0.05, 0.1) is 23.7 Å². The molecule has 1 aliphatic heterocycles. The van der Waals surface area contributed by atoms with Crippen LogP contribution in [0.15, 0.2) is 48.5 Å². The standard InChI is InChI=1S/C21H24FNO4S/c1-2-12-27-20-10-6-4-8-18(20)21(24)23(17-11-13-28(25,26)15-17)14-16-7-3-5-9-19(16)22/h3-10,17H,2,11-15H2,1H3/t17-/m1/s1. The minimum absolute atomic E-state index is 0.00774. The third kappa shape index (κ3) is 4.70. The molecule has 1 aliphatic rings. The van der Waals surface area contributed by atoms with Gasteiger partial charge in [0, 0.05) is 18.2 Å². The number of rotatable bonds is 7. The van der Waals surface area contributed by atoms with E-state index in [2.05, 4.69) is 0 Å². The molecule has 0 spiro atoms. The van der Waals surface area contributed by atoms with E-state index in [1.807, 2.05) is 6.92 Å². The lowest BCUT2D eigenvalue weighted by molar-refractivity contribution is 0.0674. The van der Waals surface area contributed by atoms with E-state index < -0.39 is 21.7 Å². The molecule has 150 valence electrons. The molecule has 3 rings (SSSR count). The molecule has 28 heavy (non-hydrogen) atoms. The van der Waals surface area contributed by atoms with E-state index in [-0.39, 0.29) is 24.0 Å². The van der Waals surface area contributed by atoms with Crippen LogP contribution in [0.3, 0.4) is 0 Å². The number of sulfone groups is 1. The molecule has 0 aromatic heterocycles. The van der Waals surface area contributed by atoms with Crippen LogP contribution in [0.5, 0.6) is 5.75 Å². The van der Waals surface area contributed by atoms with Gasteiger partial charge in [-0.05, 0) is 31.0 Å². The molecule has 7 heteroatoms. The van der Waals surface area contributed by atoms with Crippen LogP contribution in [0, 0.1) is 5.82 Å². The number of hydrogen-bond acceptors (Lipinski definition) is 4. The zero-order chi connectivity index (χ0) is 20.1. The largest absolute Gasteiger partial charge is 0.493 e. The highest BCUT2D eigenvalue weighted by Gasteiger charge is 2.36. The lowest BCUT2D eigenvalue weighted by Crippen LogP contribution is -2.41. The van der Waals surface area contributed by atoms with Crippen molar-refractivity contribution in [2.24, 2.45) is 0 Å². The number of ether oxygens (including phenoxy) is 1. The number of nitrogens with zero attached hydrogens (tertiary/aromatic N) is 1. The van der Waals surface area contributed by atoms with Crippen molar-refractivity contribution in [3.63, 3.8) is 0 Å². The van der Waals surface area contributed by atoms with E-state index >= 15 is 0 Å². The SMILES string of the molecule is CCCOc1ccccc1C(=O)N(Cc1ccccc1F)[C@@H]1CCS(=O)(=O)C1. The molecule has 2 aromatic rings. The molecule has 1 amide bonds. The molecule has 0 N–H and O–H groups in total. The molecule has 0 aliphatic carbocycles. The Morgan fingerprint density at radius 1 is 1.18 bits per heavy atom. The summed E-state index contributed by atoms with van der Waals surface area (Å²) in [4.78, 5) is 14.8. The van der Waals surface area contributed by atoms with Crippen molar-refractivity contribution >= 4 is 15.7 Å². The lowest BCUT2D eigenvalue weighted by Gasteiger charge is -2.29. The number of halogens is 1. The Morgan fingerprint density at radius 2 is 1.89 bits per heavy atom. The Kier molecular flexibility index (Phi) is 6.34. The maximum atomic E-state index is 14.2. The fourth-order valence-electron chi connectivity index (χ4n) is 3.33. The van der Waals surface area contributed by atoms with Gasteiger partial charge < -0.3 is 9.64 Å². The van der Waals surface area contributed by atoms with Gasteiger partial charge in [-0.15, -0.1) is 0 Å². The molecule has 1 saturated heterocycles. The van der Waals surface area contributed by atoms with Crippen LogP contribution in [0.25, 0.3) is 0 Å². The lowest BCUT2D eigenvalue weighted by atomic mass is 10.1. The second kappa shape index (κ2) is 8.73. The van der Waals surface area contributed by atoms with Crippen molar-refractivity contribution in [1.29, 1.82) is 0 Å². The van der Waals surface area contributed by atoms with Crippen molar-refractivity contribution in [2.75, 3.05) is 18.1 Å². The third-order valence-corrected chi connectivity index (χ3v) is 6.54. The summed E-state index contributed by atoms with van der Waals surface area (Å²) in [6, 6.07) is 12.6. The van der Waals surface area contributed by atoms with E-state index in [1.54, 1.807) is 42.5 Å². The molecule has 0 bridgehead atoms. The number of para-hydroxylation sites is 1. The van der Waals surface area contributed by atoms with E-state index in [0.29, 0.717) is 29.9 Å². The summed E-state index contributed by atoms with van der Waals surface area (Å²) in [7, 11) is -3.20. The Bertz CT molecular complexity index is 945. The zero-order valence-corrected chi connectivity index (χ0v) is 16.6. The summed E-state index contributed by atoms with van der Waals surface area (Å²) >= 11 is 0.